The van der Waals surface area contributed by atoms with Gasteiger partial charge in [-0.3, -0.25) is 0 Å². The van der Waals surface area contributed by atoms with Gasteiger partial charge < -0.3 is 15.0 Å². The molecule has 0 spiro atoms. The molecule has 0 bridgehead atoms. The fourth-order valence-electron chi connectivity index (χ4n) is 4.44. The van der Waals surface area contributed by atoms with Gasteiger partial charge in [-0.25, -0.2) is 14.5 Å². The summed E-state index contributed by atoms with van der Waals surface area (Å²) in [5.41, 5.74) is 1.14. The van der Waals surface area contributed by atoms with Gasteiger partial charge in [-0.15, -0.1) is 0 Å². The molecule has 0 unspecified atom stereocenters. The summed E-state index contributed by atoms with van der Waals surface area (Å²) >= 11 is 0. The van der Waals surface area contributed by atoms with Crippen LogP contribution in [0.2, 0.25) is 0 Å². The molecule has 4 rings (SSSR count). The Morgan fingerprint density at radius 3 is 2.71 bits per heavy atom. The van der Waals surface area contributed by atoms with E-state index in [9.17, 15) is 4.79 Å². The number of fused-ring (bicyclic) bond motifs is 1. The number of ether oxygens (including phenoxy) is 1. The van der Waals surface area contributed by atoms with Crippen molar-refractivity contribution in [3.05, 3.63) is 47.5 Å². The number of aryl methyl sites for hydroxylation is 1. The van der Waals surface area contributed by atoms with E-state index < -0.39 is 0 Å². The molecule has 1 aliphatic heterocycles. The van der Waals surface area contributed by atoms with Crippen molar-refractivity contribution in [3.8, 4) is 0 Å². The maximum Gasteiger partial charge on any atom is 0.317 e. The van der Waals surface area contributed by atoms with Crippen LogP contribution in [0.5, 0.6) is 0 Å². The van der Waals surface area contributed by atoms with E-state index in [-0.39, 0.29) is 11.6 Å². The first-order chi connectivity index (χ1) is 13.6. The second-order valence-corrected chi connectivity index (χ2v) is 7.95. The summed E-state index contributed by atoms with van der Waals surface area (Å²) in [4.78, 5) is 18.9. The van der Waals surface area contributed by atoms with Crippen molar-refractivity contribution in [2.24, 2.45) is 0 Å². The van der Waals surface area contributed by atoms with E-state index in [2.05, 4.69) is 45.7 Å². The first-order valence-electron chi connectivity index (χ1n) is 10.1. The Kier molecular flexibility index (Phi) is 5.35. The Bertz CT molecular complexity index is 811. The average Bonchev–Trinajstić information content (AvgIpc) is 3.12. The van der Waals surface area contributed by atoms with Gasteiger partial charge >= 0.3 is 6.03 Å². The lowest BCUT2D eigenvalue weighted by molar-refractivity contribution is -0.0399. The predicted molar refractivity (Wildman–Crippen MR) is 106 cm³/mol. The maximum absolute atomic E-state index is 12.7. The number of urea groups is 1. The van der Waals surface area contributed by atoms with E-state index in [1.807, 2.05) is 16.5 Å². The van der Waals surface area contributed by atoms with Gasteiger partial charge in [-0.05, 0) is 44.1 Å². The molecule has 1 aliphatic carbocycles. The Morgan fingerprint density at radius 1 is 1.25 bits per heavy atom. The van der Waals surface area contributed by atoms with Crippen LogP contribution >= 0.6 is 0 Å². The summed E-state index contributed by atoms with van der Waals surface area (Å²) in [6.45, 7) is 4.27. The van der Waals surface area contributed by atoms with Crippen LogP contribution in [0.15, 0.2) is 30.3 Å². The monoisotopic (exact) mass is 383 g/mol. The molecule has 7 nitrogen and oxygen atoms in total. The highest BCUT2D eigenvalue weighted by Gasteiger charge is 2.36. The number of rotatable bonds is 4. The van der Waals surface area contributed by atoms with E-state index >= 15 is 0 Å². The van der Waals surface area contributed by atoms with Crippen molar-refractivity contribution in [1.82, 2.24) is 25.0 Å². The molecular weight excluding hydrogens is 354 g/mol. The van der Waals surface area contributed by atoms with Crippen molar-refractivity contribution < 1.29 is 9.53 Å². The first-order valence-corrected chi connectivity index (χ1v) is 10.1. The van der Waals surface area contributed by atoms with Crippen LogP contribution in [0.1, 0.15) is 48.8 Å². The summed E-state index contributed by atoms with van der Waals surface area (Å²) in [5, 5.41) is 7.46. The van der Waals surface area contributed by atoms with Crippen molar-refractivity contribution in [2.75, 3.05) is 20.2 Å². The number of carbonyl (C=O) groups is 1. The summed E-state index contributed by atoms with van der Waals surface area (Å²) in [6, 6.07) is 10.6. The number of nitrogens with one attached hydrogen (secondary N) is 1. The zero-order chi connectivity index (χ0) is 19.6. The molecule has 2 aromatic rings. The summed E-state index contributed by atoms with van der Waals surface area (Å²) < 4.78 is 7.79. The normalized spacial score (nSPS) is 24.6. The molecule has 1 saturated carbocycles. The fourth-order valence-corrected chi connectivity index (χ4v) is 4.44. The number of hydrogen-bond donors (Lipinski definition) is 1. The van der Waals surface area contributed by atoms with Crippen molar-refractivity contribution >= 4 is 6.03 Å². The van der Waals surface area contributed by atoms with Crippen LogP contribution in [0.25, 0.3) is 0 Å². The number of methoxy groups -OCH3 is 1. The number of hydrogen-bond acceptors (Lipinski definition) is 4. The molecule has 2 aliphatic rings. The van der Waals surface area contributed by atoms with Crippen LogP contribution < -0.4 is 5.32 Å². The lowest BCUT2D eigenvalue weighted by Gasteiger charge is -2.40. The molecule has 1 aromatic carbocycles. The quantitative estimate of drug-likeness (QED) is 0.881. The van der Waals surface area contributed by atoms with Gasteiger partial charge in [0.15, 0.2) is 0 Å². The summed E-state index contributed by atoms with van der Waals surface area (Å²) in [6.07, 6.45) is 4.08. The first kappa shape index (κ1) is 18.9. The van der Waals surface area contributed by atoms with Gasteiger partial charge in [0.2, 0.25) is 0 Å². The summed E-state index contributed by atoms with van der Waals surface area (Å²) in [7, 11) is 1.77. The average molecular weight is 383 g/mol. The third kappa shape index (κ3) is 3.90. The third-order valence-corrected chi connectivity index (χ3v) is 6.22. The maximum atomic E-state index is 12.7. The van der Waals surface area contributed by atoms with Crippen LogP contribution in [0.3, 0.4) is 0 Å². The minimum atomic E-state index is -0.270. The van der Waals surface area contributed by atoms with Crippen LogP contribution in [0.4, 0.5) is 4.79 Å². The van der Waals surface area contributed by atoms with Crippen molar-refractivity contribution in [2.45, 2.75) is 57.2 Å². The molecule has 1 fully saturated rings. The molecule has 0 atom stereocenters. The topological polar surface area (TPSA) is 72.3 Å². The largest absolute Gasteiger partial charge is 0.376 e. The van der Waals surface area contributed by atoms with Gasteiger partial charge in [0.1, 0.15) is 11.6 Å². The minimum Gasteiger partial charge on any atom is -0.376 e. The van der Waals surface area contributed by atoms with E-state index in [0.29, 0.717) is 32.1 Å². The summed E-state index contributed by atoms with van der Waals surface area (Å²) in [5.74, 6) is 2.19. The lowest BCUT2D eigenvalue weighted by Crippen LogP contribution is -2.51. The highest BCUT2D eigenvalue weighted by Crippen LogP contribution is 2.39. The Labute approximate surface area is 166 Å². The third-order valence-electron chi connectivity index (χ3n) is 6.22. The standard InChI is InChI=1S/C21H29N5O2/c1-16-23-19-14-25(12-13-26(19)24-16)20(27)22-15-21(28-2)10-8-18(9-11-21)17-6-4-3-5-7-17/h3-7,18H,8-15H2,1-2H3,(H,22,27). The molecule has 2 amide bonds. The molecule has 1 N–H and O–H groups in total. The highest BCUT2D eigenvalue weighted by atomic mass is 16.5. The lowest BCUT2D eigenvalue weighted by atomic mass is 9.76. The van der Waals surface area contributed by atoms with Crippen molar-refractivity contribution in [1.29, 1.82) is 0 Å². The number of benzene rings is 1. The van der Waals surface area contributed by atoms with E-state index in [4.69, 9.17) is 4.74 Å². The number of nitrogens with zero attached hydrogens (tertiary/aromatic N) is 4. The van der Waals surface area contributed by atoms with E-state index in [1.54, 1.807) is 7.11 Å². The Hall–Kier alpha value is -2.41. The van der Waals surface area contributed by atoms with Gasteiger partial charge in [0.05, 0.1) is 18.7 Å². The molecule has 0 saturated heterocycles. The number of amides is 2. The zero-order valence-electron chi connectivity index (χ0n) is 16.7. The van der Waals surface area contributed by atoms with Gasteiger partial charge in [-0.1, -0.05) is 30.3 Å². The van der Waals surface area contributed by atoms with Gasteiger partial charge in [-0.2, -0.15) is 5.10 Å². The van der Waals surface area contributed by atoms with E-state index in [0.717, 1.165) is 37.3 Å². The molecule has 28 heavy (non-hydrogen) atoms. The minimum absolute atomic E-state index is 0.0477. The molecular formula is C21H29N5O2. The molecule has 7 heteroatoms. The smallest absolute Gasteiger partial charge is 0.317 e. The van der Waals surface area contributed by atoms with Crippen molar-refractivity contribution in [3.63, 3.8) is 0 Å². The van der Waals surface area contributed by atoms with Crippen LogP contribution in [-0.2, 0) is 17.8 Å². The highest BCUT2D eigenvalue weighted by molar-refractivity contribution is 5.74. The SMILES string of the molecule is COC1(CNC(=O)N2CCn3nc(C)nc3C2)CCC(c2ccccc2)CC1. The van der Waals surface area contributed by atoms with Crippen LogP contribution in [0, 0.1) is 6.92 Å². The van der Waals surface area contributed by atoms with E-state index in [1.165, 1.54) is 5.56 Å². The van der Waals surface area contributed by atoms with Crippen LogP contribution in [-0.4, -0.2) is 51.5 Å². The number of aromatic nitrogens is 3. The molecule has 2 heterocycles. The fraction of sp³-hybridized carbons (Fsp3) is 0.571. The molecule has 1 aromatic heterocycles. The second-order valence-electron chi connectivity index (χ2n) is 7.95. The predicted octanol–water partition coefficient (Wildman–Crippen LogP) is 2.85. The molecule has 0 radical (unpaired) electrons. The Morgan fingerprint density at radius 2 is 2.00 bits per heavy atom. The molecule has 150 valence electrons. The second kappa shape index (κ2) is 7.91. The Balaban J connectivity index is 1.31. The van der Waals surface area contributed by atoms with Gasteiger partial charge in [0.25, 0.3) is 0 Å². The zero-order valence-corrected chi connectivity index (χ0v) is 16.7. The number of carbonyl (C=O) groups excluding carboxylic acids is 1. The van der Waals surface area contributed by atoms with Gasteiger partial charge in [0, 0.05) is 20.2 Å².